The fourth-order valence-corrected chi connectivity index (χ4v) is 1.87. The number of anilines is 1. The van der Waals surface area contributed by atoms with Crippen molar-refractivity contribution >= 4 is 5.82 Å². The van der Waals surface area contributed by atoms with Crippen LogP contribution in [0.15, 0.2) is 18.5 Å². The maximum atomic E-state index is 5.95. The number of nitrogens with zero attached hydrogens (tertiary/aromatic N) is 3. The smallest absolute Gasteiger partial charge is 0.138 e. The van der Waals surface area contributed by atoms with Crippen LogP contribution in [-0.2, 0) is 6.42 Å². The van der Waals surface area contributed by atoms with Gasteiger partial charge in [-0.3, -0.25) is 4.98 Å². The highest BCUT2D eigenvalue weighted by atomic mass is 16.5. The molecule has 5 nitrogen and oxygen atoms in total. The first-order chi connectivity index (χ1) is 9.65. The number of hydrogen-bond donors (Lipinski definition) is 1. The Bertz CT molecular complexity index is 598. The molecule has 2 heterocycles. The van der Waals surface area contributed by atoms with Crippen LogP contribution in [0.4, 0.5) is 5.82 Å². The van der Waals surface area contributed by atoms with Crippen molar-refractivity contribution in [3.05, 3.63) is 29.8 Å². The Kier molecular flexibility index (Phi) is 4.50. The lowest BCUT2D eigenvalue weighted by Gasteiger charge is -2.10. The van der Waals surface area contributed by atoms with Crippen LogP contribution in [0.3, 0.4) is 0 Å². The van der Waals surface area contributed by atoms with Crippen molar-refractivity contribution in [3.63, 3.8) is 0 Å². The molecule has 0 radical (unpaired) electrons. The maximum absolute atomic E-state index is 5.95. The van der Waals surface area contributed by atoms with Gasteiger partial charge in [0.05, 0.1) is 18.5 Å². The zero-order valence-corrected chi connectivity index (χ0v) is 12.2. The molecule has 0 saturated heterocycles. The van der Waals surface area contributed by atoms with Gasteiger partial charge in [0.2, 0.25) is 0 Å². The van der Waals surface area contributed by atoms with Gasteiger partial charge in [-0.2, -0.15) is 0 Å². The Morgan fingerprint density at radius 3 is 2.70 bits per heavy atom. The molecule has 2 rings (SSSR count). The standard InChI is InChI=1S/C15H20N4O/c1-4-6-20-12-7-11(8-17-9-12)14-10(3)15(16)19-13(5-2)18-14/h7-9H,4-6H2,1-3H3,(H2,16,18,19). The predicted molar refractivity (Wildman–Crippen MR) is 79.6 cm³/mol. The third-order valence-corrected chi connectivity index (χ3v) is 3.01. The fourth-order valence-electron chi connectivity index (χ4n) is 1.87. The number of aryl methyl sites for hydroxylation is 1. The lowest BCUT2D eigenvalue weighted by molar-refractivity contribution is 0.316. The summed E-state index contributed by atoms with van der Waals surface area (Å²) in [7, 11) is 0. The number of pyridine rings is 1. The predicted octanol–water partition coefficient (Wildman–Crippen LogP) is 2.78. The van der Waals surface area contributed by atoms with E-state index >= 15 is 0 Å². The van der Waals surface area contributed by atoms with Gasteiger partial charge < -0.3 is 10.5 Å². The van der Waals surface area contributed by atoms with Crippen molar-refractivity contribution in [2.45, 2.75) is 33.6 Å². The highest BCUT2D eigenvalue weighted by molar-refractivity contribution is 5.67. The first kappa shape index (κ1) is 14.2. The van der Waals surface area contributed by atoms with Crippen molar-refractivity contribution in [2.24, 2.45) is 0 Å². The van der Waals surface area contributed by atoms with E-state index in [9.17, 15) is 0 Å². The summed E-state index contributed by atoms with van der Waals surface area (Å²) in [5, 5.41) is 0. The van der Waals surface area contributed by atoms with Crippen LogP contribution in [0.5, 0.6) is 5.75 Å². The number of ether oxygens (including phenoxy) is 1. The highest BCUT2D eigenvalue weighted by Crippen LogP contribution is 2.26. The van der Waals surface area contributed by atoms with E-state index in [1.54, 1.807) is 12.4 Å². The van der Waals surface area contributed by atoms with Crippen molar-refractivity contribution < 1.29 is 4.74 Å². The first-order valence-electron chi connectivity index (χ1n) is 6.86. The van der Waals surface area contributed by atoms with E-state index in [4.69, 9.17) is 10.5 Å². The van der Waals surface area contributed by atoms with Gasteiger partial charge >= 0.3 is 0 Å². The zero-order chi connectivity index (χ0) is 14.5. The summed E-state index contributed by atoms with van der Waals surface area (Å²) in [4.78, 5) is 13.0. The van der Waals surface area contributed by atoms with E-state index in [1.165, 1.54) is 0 Å². The van der Waals surface area contributed by atoms with Crippen LogP contribution in [-0.4, -0.2) is 21.6 Å². The summed E-state index contributed by atoms with van der Waals surface area (Å²) < 4.78 is 5.61. The molecular formula is C15H20N4O. The summed E-state index contributed by atoms with van der Waals surface area (Å²) in [5.74, 6) is 2.01. The van der Waals surface area contributed by atoms with E-state index in [0.717, 1.165) is 41.2 Å². The molecule has 20 heavy (non-hydrogen) atoms. The molecule has 0 saturated carbocycles. The normalized spacial score (nSPS) is 10.6. The molecule has 0 unspecified atom stereocenters. The second-order valence-corrected chi connectivity index (χ2v) is 4.61. The SMILES string of the molecule is CCCOc1cncc(-c2nc(CC)nc(N)c2C)c1. The van der Waals surface area contributed by atoms with E-state index in [0.29, 0.717) is 12.4 Å². The summed E-state index contributed by atoms with van der Waals surface area (Å²) in [6, 6.07) is 1.94. The number of aromatic nitrogens is 3. The number of hydrogen-bond acceptors (Lipinski definition) is 5. The van der Waals surface area contributed by atoms with Crippen molar-refractivity contribution in [2.75, 3.05) is 12.3 Å². The van der Waals surface area contributed by atoms with Crippen molar-refractivity contribution in [1.29, 1.82) is 0 Å². The van der Waals surface area contributed by atoms with Gasteiger partial charge in [-0.1, -0.05) is 13.8 Å². The molecule has 0 aliphatic heterocycles. The van der Waals surface area contributed by atoms with Gasteiger partial charge in [0, 0.05) is 23.7 Å². The minimum Gasteiger partial charge on any atom is -0.492 e. The quantitative estimate of drug-likeness (QED) is 0.906. The molecule has 0 atom stereocenters. The maximum Gasteiger partial charge on any atom is 0.138 e. The molecule has 2 aromatic heterocycles. The average molecular weight is 272 g/mol. The lowest BCUT2D eigenvalue weighted by atomic mass is 10.1. The Morgan fingerprint density at radius 2 is 2.00 bits per heavy atom. The zero-order valence-electron chi connectivity index (χ0n) is 12.2. The molecular weight excluding hydrogens is 252 g/mol. The largest absolute Gasteiger partial charge is 0.492 e. The molecule has 2 aromatic rings. The molecule has 2 N–H and O–H groups in total. The van der Waals surface area contributed by atoms with Crippen LogP contribution in [0, 0.1) is 6.92 Å². The number of nitrogen functional groups attached to an aromatic ring is 1. The molecule has 0 aliphatic carbocycles. The first-order valence-corrected chi connectivity index (χ1v) is 6.86. The summed E-state index contributed by atoms with van der Waals surface area (Å²) in [6.07, 6.45) is 5.19. The Balaban J connectivity index is 2.42. The molecule has 106 valence electrons. The molecule has 0 fully saturated rings. The third kappa shape index (κ3) is 3.04. The van der Waals surface area contributed by atoms with Gasteiger partial charge in [-0.15, -0.1) is 0 Å². The van der Waals surface area contributed by atoms with Gasteiger partial charge in [-0.25, -0.2) is 9.97 Å². The summed E-state index contributed by atoms with van der Waals surface area (Å²) in [6.45, 7) is 6.67. The fraction of sp³-hybridized carbons (Fsp3) is 0.400. The molecule has 5 heteroatoms. The minimum absolute atomic E-state index is 0.520. The average Bonchev–Trinajstić information content (AvgIpc) is 2.48. The second-order valence-electron chi connectivity index (χ2n) is 4.61. The van der Waals surface area contributed by atoms with Crippen LogP contribution < -0.4 is 10.5 Å². The van der Waals surface area contributed by atoms with Crippen molar-refractivity contribution in [3.8, 4) is 17.0 Å². The molecule has 0 aliphatic rings. The third-order valence-electron chi connectivity index (χ3n) is 3.01. The molecule has 0 bridgehead atoms. The lowest BCUT2D eigenvalue weighted by Crippen LogP contribution is -2.04. The van der Waals surface area contributed by atoms with E-state index in [-0.39, 0.29) is 0 Å². The van der Waals surface area contributed by atoms with Gasteiger partial charge in [0.15, 0.2) is 0 Å². The second kappa shape index (κ2) is 6.32. The van der Waals surface area contributed by atoms with Gasteiger partial charge in [-0.05, 0) is 19.4 Å². The minimum atomic E-state index is 0.520. The summed E-state index contributed by atoms with van der Waals surface area (Å²) in [5.41, 5.74) is 8.55. The topological polar surface area (TPSA) is 73.9 Å². The summed E-state index contributed by atoms with van der Waals surface area (Å²) >= 11 is 0. The van der Waals surface area contributed by atoms with E-state index in [1.807, 2.05) is 19.9 Å². The van der Waals surface area contributed by atoms with E-state index in [2.05, 4.69) is 21.9 Å². The number of nitrogens with two attached hydrogens (primary N) is 1. The Morgan fingerprint density at radius 1 is 1.20 bits per heavy atom. The van der Waals surface area contributed by atoms with Gasteiger partial charge in [0.25, 0.3) is 0 Å². The Labute approximate surface area is 119 Å². The number of rotatable bonds is 5. The van der Waals surface area contributed by atoms with Crippen LogP contribution in [0.1, 0.15) is 31.7 Å². The van der Waals surface area contributed by atoms with Gasteiger partial charge in [0.1, 0.15) is 17.4 Å². The molecule has 0 spiro atoms. The Hall–Kier alpha value is -2.17. The van der Waals surface area contributed by atoms with Crippen molar-refractivity contribution in [1.82, 2.24) is 15.0 Å². The van der Waals surface area contributed by atoms with E-state index < -0.39 is 0 Å². The van der Waals surface area contributed by atoms with Crippen LogP contribution in [0.2, 0.25) is 0 Å². The molecule has 0 aromatic carbocycles. The van der Waals surface area contributed by atoms with Crippen LogP contribution in [0.25, 0.3) is 11.3 Å². The highest BCUT2D eigenvalue weighted by Gasteiger charge is 2.11. The van der Waals surface area contributed by atoms with Crippen LogP contribution >= 0.6 is 0 Å². The monoisotopic (exact) mass is 272 g/mol. The molecule has 0 amide bonds.